The molecule has 61 heavy (non-hydrogen) atoms. The number of hydrogen-bond acceptors (Lipinski definition) is 6. The summed E-state index contributed by atoms with van der Waals surface area (Å²) in [7, 11) is 0. The summed E-state index contributed by atoms with van der Waals surface area (Å²) in [5, 5.41) is 2.18. The normalized spacial score (nSPS) is 13.8. The fraction of sp³-hybridized carbons (Fsp3) is 0.148. The molecule has 0 saturated carbocycles. The Balaban J connectivity index is 1.12. The van der Waals surface area contributed by atoms with Gasteiger partial charge in [-0.15, -0.1) is 0 Å². The predicted molar refractivity (Wildman–Crippen MR) is 250 cm³/mol. The molecule has 2 aromatic heterocycles. The lowest BCUT2D eigenvalue weighted by atomic mass is 9.33. The van der Waals surface area contributed by atoms with Crippen LogP contribution in [0.15, 0.2) is 148 Å². The zero-order valence-electron chi connectivity index (χ0n) is 35.1. The molecule has 0 spiro atoms. The van der Waals surface area contributed by atoms with Crippen LogP contribution < -0.4 is 35.7 Å². The van der Waals surface area contributed by atoms with E-state index >= 15 is 0 Å². The lowest BCUT2D eigenvalue weighted by Gasteiger charge is -2.45. The SMILES string of the molecule is Cc1cc2c3c(c1)N(c1c(C)cc(C(C)(C)C)cc1C)c1cc4c(cc1B3c1cc(-c3cc5ccccc5o3)ccc1N2c1ccc(-c2cc3ccccc3o2)cc1)OCO4. The first-order chi connectivity index (χ1) is 29.6. The molecule has 3 aliphatic rings. The van der Waals surface area contributed by atoms with Crippen LogP contribution in [0.2, 0.25) is 0 Å². The number of nitrogens with zero attached hydrogens (tertiary/aromatic N) is 2. The molecule has 0 unspecified atom stereocenters. The number of anilines is 6. The van der Waals surface area contributed by atoms with Gasteiger partial charge in [0.05, 0.1) is 5.69 Å². The average Bonchev–Trinajstić information content (AvgIpc) is 4.01. The molecule has 3 aliphatic heterocycles. The minimum Gasteiger partial charge on any atom is -0.456 e. The Morgan fingerprint density at radius 1 is 0.525 bits per heavy atom. The van der Waals surface area contributed by atoms with Crippen molar-refractivity contribution in [1.29, 1.82) is 0 Å². The van der Waals surface area contributed by atoms with Crippen LogP contribution in [0.4, 0.5) is 34.1 Å². The number of benzene rings is 7. The van der Waals surface area contributed by atoms with Crippen LogP contribution in [0.5, 0.6) is 11.5 Å². The number of aryl methyl sites for hydroxylation is 3. The van der Waals surface area contributed by atoms with Crippen LogP contribution in [0.3, 0.4) is 0 Å². The number of para-hydroxylation sites is 2. The van der Waals surface area contributed by atoms with E-state index in [-0.39, 0.29) is 18.9 Å². The third kappa shape index (κ3) is 5.49. The van der Waals surface area contributed by atoms with Crippen molar-refractivity contribution in [3.05, 3.63) is 162 Å². The summed E-state index contributed by atoms with van der Waals surface area (Å²) in [6, 6.07) is 50.2. The largest absolute Gasteiger partial charge is 0.456 e. The van der Waals surface area contributed by atoms with Gasteiger partial charge in [0, 0.05) is 56.4 Å². The maximum atomic E-state index is 6.52. The van der Waals surface area contributed by atoms with E-state index < -0.39 is 0 Å². The van der Waals surface area contributed by atoms with E-state index in [0.717, 1.165) is 84.5 Å². The topological polar surface area (TPSA) is 51.2 Å². The quantitative estimate of drug-likeness (QED) is 0.165. The molecule has 5 heterocycles. The highest BCUT2D eigenvalue weighted by atomic mass is 16.7. The highest BCUT2D eigenvalue weighted by Crippen LogP contribution is 2.49. The molecule has 296 valence electrons. The van der Waals surface area contributed by atoms with E-state index in [0.29, 0.717) is 0 Å². The minimum absolute atomic E-state index is 0.00910. The van der Waals surface area contributed by atoms with Crippen LogP contribution in [0.25, 0.3) is 44.6 Å². The maximum Gasteiger partial charge on any atom is 0.252 e. The van der Waals surface area contributed by atoms with Gasteiger partial charge in [0.25, 0.3) is 6.71 Å². The van der Waals surface area contributed by atoms with Crippen LogP contribution in [0, 0.1) is 20.8 Å². The van der Waals surface area contributed by atoms with E-state index in [1.165, 1.54) is 44.3 Å². The average molecular weight is 795 g/mol. The number of ether oxygens (including phenoxy) is 2. The number of rotatable bonds is 4. The van der Waals surface area contributed by atoms with Crippen molar-refractivity contribution in [1.82, 2.24) is 0 Å². The Kier molecular flexibility index (Phi) is 7.59. The molecule has 7 heteroatoms. The van der Waals surface area contributed by atoms with Crippen LogP contribution in [0.1, 0.15) is 43.0 Å². The zero-order chi connectivity index (χ0) is 41.3. The van der Waals surface area contributed by atoms with E-state index in [4.69, 9.17) is 18.3 Å². The molecule has 0 fully saturated rings. The smallest absolute Gasteiger partial charge is 0.252 e. The van der Waals surface area contributed by atoms with Gasteiger partial charge in [0.1, 0.15) is 22.7 Å². The summed E-state index contributed by atoms with van der Waals surface area (Å²) in [5.74, 6) is 3.23. The van der Waals surface area contributed by atoms with Gasteiger partial charge >= 0.3 is 0 Å². The van der Waals surface area contributed by atoms with Gasteiger partial charge in [-0.25, -0.2) is 0 Å². The van der Waals surface area contributed by atoms with Crippen molar-refractivity contribution in [3.8, 4) is 34.1 Å². The molecule has 6 nitrogen and oxygen atoms in total. The Labute approximate surface area is 355 Å². The Bertz CT molecular complexity index is 3190. The Hall–Kier alpha value is -7.12. The molecule has 0 amide bonds. The molecular formula is C54H43BN2O4. The summed E-state index contributed by atoms with van der Waals surface area (Å²) in [5.41, 5.74) is 19.1. The second-order valence-electron chi connectivity index (χ2n) is 17.9. The first-order valence-corrected chi connectivity index (χ1v) is 21.1. The van der Waals surface area contributed by atoms with Crippen LogP contribution >= 0.6 is 0 Å². The van der Waals surface area contributed by atoms with E-state index in [1.54, 1.807) is 0 Å². The van der Waals surface area contributed by atoms with Crippen molar-refractivity contribution in [2.75, 3.05) is 16.6 Å². The van der Waals surface area contributed by atoms with E-state index in [2.05, 4.69) is 161 Å². The molecule has 12 rings (SSSR count). The van der Waals surface area contributed by atoms with Crippen molar-refractivity contribution >= 4 is 79.2 Å². The summed E-state index contributed by atoms with van der Waals surface area (Å²) < 4.78 is 25.1. The molecule has 0 radical (unpaired) electrons. The second kappa shape index (κ2) is 12.9. The van der Waals surface area contributed by atoms with Gasteiger partial charge in [-0.1, -0.05) is 75.4 Å². The predicted octanol–water partition coefficient (Wildman–Crippen LogP) is 12.5. The number of fused-ring (bicyclic) bond motifs is 7. The molecular weight excluding hydrogens is 751 g/mol. The molecule has 9 aromatic rings. The van der Waals surface area contributed by atoms with Crippen molar-refractivity contribution in [2.24, 2.45) is 0 Å². The van der Waals surface area contributed by atoms with Gasteiger partial charge < -0.3 is 28.1 Å². The summed E-state index contributed by atoms with van der Waals surface area (Å²) >= 11 is 0. The highest BCUT2D eigenvalue weighted by molar-refractivity contribution is 7.00. The Morgan fingerprint density at radius 2 is 1.10 bits per heavy atom. The van der Waals surface area contributed by atoms with Gasteiger partial charge in [-0.3, -0.25) is 0 Å². The Morgan fingerprint density at radius 3 is 1.74 bits per heavy atom. The van der Waals surface area contributed by atoms with Gasteiger partial charge in [0.2, 0.25) is 6.79 Å². The van der Waals surface area contributed by atoms with Crippen LogP contribution in [-0.2, 0) is 5.41 Å². The van der Waals surface area contributed by atoms with Crippen molar-refractivity contribution < 1.29 is 18.3 Å². The first-order valence-electron chi connectivity index (χ1n) is 21.1. The van der Waals surface area contributed by atoms with Gasteiger partial charge in [0.15, 0.2) is 11.5 Å². The molecule has 7 aromatic carbocycles. The fourth-order valence-corrected chi connectivity index (χ4v) is 9.96. The third-order valence-electron chi connectivity index (χ3n) is 12.8. The monoisotopic (exact) mass is 794 g/mol. The van der Waals surface area contributed by atoms with Gasteiger partial charge in [-0.2, -0.15) is 0 Å². The summed E-state index contributed by atoms with van der Waals surface area (Å²) in [4.78, 5) is 4.94. The van der Waals surface area contributed by atoms with E-state index in [1.807, 2.05) is 30.3 Å². The number of hydrogen-bond donors (Lipinski definition) is 0. The fourth-order valence-electron chi connectivity index (χ4n) is 9.96. The third-order valence-corrected chi connectivity index (χ3v) is 12.8. The summed E-state index contributed by atoms with van der Waals surface area (Å²) in [6.07, 6.45) is 0. The van der Waals surface area contributed by atoms with Crippen molar-refractivity contribution in [2.45, 2.75) is 47.0 Å². The molecule has 0 bridgehead atoms. The highest BCUT2D eigenvalue weighted by Gasteiger charge is 2.45. The first kappa shape index (κ1) is 35.8. The lowest BCUT2D eigenvalue weighted by molar-refractivity contribution is 0.174. The second-order valence-corrected chi connectivity index (χ2v) is 17.9. The minimum atomic E-state index is -0.119. The standard InChI is InChI=1S/C54H43BN2O4/c1-31-21-44-52-45(22-31)57(53-32(2)23-38(24-33(53)3)54(4,5)6)43-29-51-50(58-30-59-51)28-41(43)55(52)40-25-37(49-27-36-12-8-10-14-47(36)61-49)17-20-42(40)56(44)39-18-15-34(16-19-39)48-26-35-11-7-9-13-46(35)60-48/h7-29H,30H2,1-6H3. The van der Waals surface area contributed by atoms with E-state index in [9.17, 15) is 0 Å². The maximum absolute atomic E-state index is 6.52. The molecule has 0 atom stereocenters. The molecule has 0 N–H and O–H groups in total. The number of furan rings is 2. The van der Waals surface area contributed by atoms with Gasteiger partial charge in [-0.05, 0) is 144 Å². The van der Waals surface area contributed by atoms with Crippen LogP contribution in [-0.4, -0.2) is 13.5 Å². The summed E-state index contributed by atoms with van der Waals surface area (Å²) in [6.45, 7) is 13.7. The zero-order valence-corrected chi connectivity index (χ0v) is 35.1. The lowest BCUT2D eigenvalue weighted by Crippen LogP contribution is -2.61. The molecule has 0 aliphatic carbocycles. The molecule has 0 saturated heterocycles. The van der Waals surface area contributed by atoms with Crippen molar-refractivity contribution in [3.63, 3.8) is 0 Å².